The van der Waals surface area contributed by atoms with Gasteiger partial charge in [-0.3, -0.25) is 0 Å². The van der Waals surface area contributed by atoms with Gasteiger partial charge in [-0.1, -0.05) is 37.3 Å². The van der Waals surface area contributed by atoms with E-state index in [-0.39, 0.29) is 0 Å². The lowest BCUT2D eigenvalue weighted by Crippen LogP contribution is -2.16. The van der Waals surface area contributed by atoms with Crippen LogP contribution in [0.2, 0.25) is 0 Å². The average molecular weight is 294 g/mol. The zero-order chi connectivity index (χ0) is 15.7. The smallest absolute Gasteiger partial charge is 0.161 e. The lowest BCUT2D eigenvalue weighted by atomic mass is 10.1. The highest BCUT2D eigenvalue weighted by Gasteiger charge is 2.15. The van der Waals surface area contributed by atoms with Gasteiger partial charge in [0.1, 0.15) is 5.82 Å². The zero-order valence-corrected chi connectivity index (χ0v) is 13.6. The SMILES string of the molecule is CC[C@H](C)Nc1cc(C)nc2c(C)c(-c3ccccc3)nn12. The Labute approximate surface area is 131 Å². The van der Waals surface area contributed by atoms with Crippen molar-refractivity contribution in [1.82, 2.24) is 14.6 Å². The average Bonchev–Trinajstić information content (AvgIpc) is 2.85. The van der Waals surface area contributed by atoms with Crippen LogP contribution in [0.25, 0.3) is 16.9 Å². The third kappa shape index (κ3) is 2.56. The summed E-state index contributed by atoms with van der Waals surface area (Å²) in [5.41, 5.74) is 5.15. The number of nitrogens with one attached hydrogen (secondary N) is 1. The number of fused-ring (bicyclic) bond motifs is 1. The highest BCUT2D eigenvalue weighted by atomic mass is 15.3. The highest BCUT2D eigenvalue weighted by molar-refractivity contribution is 5.71. The molecule has 0 spiro atoms. The molecule has 0 fully saturated rings. The van der Waals surface area contributed by atoms with Crippen LogP contribution in [0, 0.1) is 13.8 Å². The molecule has 0 aliphatic heterocycles. The summed E-state index contributed by atoms with van der Waals surface area (Å²) in [5.74, 6) is 1.00. The maximum absolute atomic E-state index is 4.80. The molecule has 0 amide bonds. The molecule has 0 saturated heterocycles. The van der Waals surface area contributed by atoms with E-state index in [2.05, 4.69) is 49.3 Å². The molecule has 3 rings (SSSR count). The third-order valence-corrected chi connectivity index (χ3v) is 4.00. The maximum Gasteiger partial charge on any atom is 0.161 e. The fourth-order valence-electron chi connectivity index (χ4n) is 2.57. The Morgan fingerprint density at radius 1 is 1.18 bits per heavy atom. The highest BCUT2D eigenvalue weighted by Crippen LogP contribution is 2.26. The second-order valence-corrected chi connectivity index (χ2v) is 5.81. The van der Waals surface area contributed by atoms with Crippen molar-refractivity contribution in [1.29, 1.82) is 0 Å². The van der Waals surface area contributed by atoms with E-state index in [0.29, 0.717) is 6.04 Å². The van der Waals surface area contributed by atoms with Gasteiger partial charge in [-0.05, 0) is 27.2 Å². The second-order valence-electron chi connectivity index (χ2n) is 5.81. The van der Waals surface area contributed by atoms with Crippen molar-refractivity contribution >= 4 is 11.5 Å². The number of hydrogen-bond donors (Lipinski definition) is 1. The molecule has 0 unspecified atom stereocenters. The standard InChI is InChI=1S/C18H22N4/c1-5-12(2)19-16-11-13(3)20-18-14(4)17(21-22(16)18)15-9-7-6-8-10-15/h6-12,19H,5H2,1-4H3/t12-/m0/s1. The number of benzene rings is 1. The summed E-state index contributed by atoms with van der Waals surface area (Å²) >= 11 is 0. The van der Waals surface area contributed by atoms with Gasteiger partial charge in [0.15, 0.2) is 5.65 Å². The Morgan fingerprint density at radius 2 is 1.91 bits per heavy atom. The molecule has 0 radical (unpaired) electrons. The van der Waals surface area contributed by atoms with Gasteiger partial charge in [-0.2, -0.15) is 9.61 Å². The number of aromatic nitrogens is 3. The van der Waals surface area contributed by atoms with Crippen molar-refractivity contribution in [2.24, 2.45) is 0 Å². The molecule has 4 nitrogen and oxygen atoms in total. The minimum atomic E-state index is 0.398. The van der Waals surface area contributed by atoms with Gasteiger partial charge in [0.2, 0.25) is 0 Å². The fraction of sp³-hybridized carbons (Fsp3) is 0.333. The Morgan fingerprint density at radius 3 is 2.59 bits per heavy atom. The first kappa shape index (κ1) is 14.6. The van der Waals surface area contributed by atoms with E-state index in [1.54, 1.807) is 0 Å². The Hall–Kier alpha value is -2.36. The van der Waals surface area contributed by atoms with Crippen LogP contribution in [0.3, 0.4) is 0 Å². The summed E-state index contributed by atoms with van der Waals surface area (Å²) in [6, 6.07) is 12.7. The van der Waals surface area contributed by atoms with Gasteiger partial charge < -0.3 is 5.32 Å². The van der Waals surface area contributed by atoms with Crippen LogP contribution < -0.4 is 5.32 Å². The van der Waals surface area contributed by atoms with Crippen molar-refractivity contribution in [3.63, 3.8) is 0 Å². The summed E-state index contributed by atoms with van der Waals surface area (Å²) in [4.78, 5) is 4.68. The predicted molar refractivity (Wildman–Crippen MR) is 91.3 cm³/mol. The van der Waals surface area contributed by atoms with Crippen molar-refractivity contribution in [2.75, 3.05) is 5.32 Å². The quantitative estimate of drug-likeness (QED) is 0.783. The molecule has 2 aromatic heterocycles. The summed E-state index contributed by atoms with van der Waals surface area (Å²) in [5, 5.41) is 8.33. The number of rotatable bonds is 4. The van der Waals surface area contributed by atoms with Crippen LogP contribution in [0.5, 0.6) is 0 Å². The number of anilines is 1. The minimum absolute atomic E-state index is 0.398. The Bertz CT molecular complexity index is 790. The van der Waals surface area contributed by atoms with E-state index in [0.717, 1.165) is 40.4 Å². The molecule has 0 saturated carbocycles. The van der Waals surface area contributed by atoms with Crippen LogP contribution in [-0.2, 0) is 0 Å². The van der Waals surface area contributed by atoms with Gasteiger partial charge >= 0.3 is 0 Å². The summed E-state index contributed by atoms with van der Waals surface area (Å²) in [6.07, 6.45) is 1.06. The molecule has 0 aliphatic rings. The third-order valence-electron chi connectivity index (χ3n) is 4.00. The molecule has 0 bridgehead atoms. The largest absolute Gasteiger partial charge is 0.367 e. The van der Waals surface area contributed by atoms with Crippen LogP contribution in [0.15, 0.2) is 36.4 Å². The van der Waals surface area contributed by atoms with Gasteiger partial charge in [0.05, 0.1) is 5.69 Å². The number of hydrogen-bond acceptors (Lipinski definition) is 3. The predicted octanol–water partition coefficient (Wildman–Crippen LogP) is 4.22. The van der Waals surface area contributed by atoms with Gasteiger partial charge in [-0.25, -0.2) is 4.98 Å². The van der Waals surface area contributed by atoms with E-state index in [9.17, 15) is 0 Å². The summed E-state index contributed by atoms with van der Waals surface area (Å²) in [7, 11) is 0. The van der Waals surface area contributed by atoms with Gasteiger partial charge in [0, 0.05) is 28.9 Å². The van der Waals surface area contributed by atoms with E-state index < -0.39 is 0 Å². The van der Waals surface area contributed by atoms with Crippen molar-refractivity contribution in [3.8, 4) is 11.3 Å². The minimum Gasteiger partial charge on any atom is -0.367 e. The molecule has 1 aromatic carbocycles. The Balaban J connectivity index is 2.18. The first-order valence-corrected chi connectivity index (χ1v) is 7.79. The lowest BCUT2D eigenvalue weighted by Gasteiger charge is -2.14. The molecular weight excluding hydrogens is 272 g/mol. The van der Waals surface area contributed by atoms with E-state index in [4.69, 9.17) is 5.10 Å². The first-order chi connectivity index (χ1) is 10.6. The van der Waals surface area contributed by atoms with E-state index in [1.165, 1.54) is 0 Å². The normalized spacial score (nSPS) is 12.5. The van der Waals surface area contributed by atoms with Gasteiger partial charge in [-0.15, -0.1) is 0 Å². The molecule has 1 atom stereocenters. The van der Waals surface area contributed by atoms with Crippen LogP contribution in [0.1, 0.15) is 31.5 Å². The molecule has 4 heteroatoms. The van der Waals surface area contributed by atoms with E-state index in [1.807, 2.05) is 29.6 Å². The summed E-state index contributed by atoms with van der Waals surface area (Å²) < 4.78 is 1.93. The van der Waals surface area contributed by atoms with E-state index >= 15 is 0 Å². The van der Waals surface area contributed by atoms with Crippen LogP contribution >= 0.6 is 0 Å². The topological polar surface area (TPSA) is 42.2 Å². The maximum atomic E-state index is 4.80. The zero-order valence-electron chi connectivity index (χ0n) is 13.6. The molecular formula is C18H22N4. The molecule has 1 N–H and O–H groups in total. The molecule has 2 heterocycles. The molecule has 114 valence electrons. The van der Waals surface area contributed by atoms with Crippen LogP contribution in [-0.4, -0.2) is 20.6 Å². The van der Waals surface area contributed by atoms with Crippen LogP contribution in [0.4, 0.5) is 5.82 Å². The molecule has 3 aromatic rings. The fourth-order valence-corrected chi connectivity index (χ4v) is 2.57. The molecule has 0 aliphatic carbocycles. The number of nitrogens with zero attached hydrogens (tertiary/aromatic N) is 3. The summed E-state index contributed by atoms with van der Waals surface area (Å²) in [6.45, 7) is 8.46. The van der Waals surface area contributed by atoms with Crippen molar-refractivity contribution < 1.29 is 0 Å². The molecule has 22 heavy (non-hydrogen) atoms. The monoisotopic (exact) mass is 294 g/mol. The lowest BCUT2D eigenvalue weighted by molar-refractivity contribution is 0.748. The van der Waals surface area contributed by atoms with Gasteiger partial charge in [0.25, 0.3) is 0 Å². The Kier molecular flexibility index (Phi) is 3.84. The van der Waals surface area contributed by atoms with Crippen molar-refractivity contribution in [3.05, 3.63) is 47.7 Å². The van der Waals surface area contributed by atoms with Crippen molar-refractivity contribution in [2.45, 2.75) is 40.2 Å². The second kappa shape index (κ2) is 5.79. The first-order valence-electron chi connectivity index (χ1n) is 7.79. The number of aryl methyl sites for hydroxylation is 2.